The molecule has 1 amide bonds. The summed E-state index contributed by atoms with van der Waals surface area (Å²) < 4.78 is 0. The Morgan fingerprint density at radius 3 is 2.38 bits per heavy atom. The van der Waals surface area contributed by atoms with Gasteiger partial charge in [-0.25, -0.2) is 0 Å². The van der Waals surface area contributed by atoms with Crippen LogP contribution in [-0.4, -0.2) is 23.9 Å². The van der Waals surface area contributed by atoms with Crippen LogP contribution in [0.5, 0.6) is 0 Å². The van der Waals surface area contributed by atoms with E-state index in [0.29, 0.717) is 18.7 Å². The second kappa shape index (κ2) is 7.72. The molecule has 5 nitrogen and oxygen atoms in total. The summed E-state index contributed by atoms with van der Waals surface area (Å²) in [4.78, 5) is 14.0. The van der Waals surface area contributed by atoms with E-state index < -0.39 is 0 Å². The van der Waals surface area contributed by atoms with Crippen molar-refractivity contribution in [3.8, 4) is 12.1 Å². The van der Waals surface area contributed by atoms with Crippen LogP contribution >= 0.6 is 0 Å². The number of anilines is 1. The van der Waals surface area contributed by atoms with Crippen molar-refractivity contribution in [2.24, 2.45) is 0 Å². The summed E-state index contributed by atoms with van der Waals surface area (Å²) in [7, 11) is 0. The van der Waals surface area contributed by atoms with Crippen molar-refractivity contribution in [1.82, 2.24) is 4.90 Å². The zero-order chi connectivity index (χ0) is 15.8. The van der Waals surface area contributed by atoms with E-state index in [9.17, 15) is 4.79 Å². The van der Waals surface area contributed by atoms with Crippen molar-refractivity contribution in [3.05, 3.63) is 41.1 Å². The highest BCUT2D eigenvalue weighted by atomic mass is 16.2. The third-order valence-corrected chi connectivity index (χ3v) is 3.14. The summed E-state index contributed by atoms with van der Waals surface area (Å²) in [5, 5.41) is 20.3. The van der Waals surface area contributed by atoms with Crippen molar-refractivity contribution in [2.45, 2.75) is 20.8 Å². The van der Waals surface area contributed by atoms with Gasteiger partial charge in [0.1, 0.15) is 17.7 Å². The SMILES string of the molecule is CCN(CC)C(=O)c1ccc(NC=C(C#N)C#N)c(C)c1. The molecule has 0 atom stereocenters. The summed E-state index contributed by atoms with van der Waals surface area (Å²) in [5.74, 6) is -0.0000640. The zero-order valence-corrected chi connectivity index (χ0v) is 12.5. The first-order valence-corrected chi connectivity index (χ1v) is 6.74. The van der Waals surface area contributed by atoms with E-state index >= 15 is 0 Å². The van der Waals surface area contributed by atoms with E-state index in [4.69, 9.17) is 10.5 Å². The number of nitriles is 2. The van der Waals surface area contributed by atoms with Crippen molar-refractivity contribution < 1.29 is 4.79 Å². The van der Waals surface area contributed by atoms with Crippen molar-refractivity contribution >= 4 is 11.6 Å². The number of amides is 1. The van der Waals surface area contributed by atoms with Crippen LogP contribution < -0.4 is 5.32 Å². The summed E-state index contributed by atoms with van der Waals surface area (Å²) in [6, 6.07) is 8.87. The van der Waals surface area contributed by atoms with E-state index in [2.05, 4.69) is 5.32 Å². The topological polar surface area (TPSA) is 79.9 Å². The minimum atomic E-state index is -0.00214. The predicted molar refractivity (Wildman–Crippen MR) is 81.4 cm³/mol. The van der Waals surface area contributed by atoms with Gasteiger partial charge in [-0.1, -0.05) is 0 Å². The van der Waals surface area contributed by atoms with Crippen LogP contribution in [0.3, 0.4) is 0 Å². The summed E-state index contributed by atoms with van der Waals surface area (Å²) >= 11 is 0. The molecule has 0 aromatic heterocycles. The van der Waals surface area contributed by atoms with Gasteiger partial charge in [0.05, 0.1) is 0 Å². The average Bonchev–Trinajstić information content (AvgIpc) is 2.50. The van der Waals surface area contributed by atoms with Crippen LogP contribution in [0.25, 0.3) is 0 Å². The predicted octanol–water partition coefficient (Wildman–Crippen LogP) is 2.82. The lowest BCUT2D eigenvalue weighted by molar-refractivity contribution is 0.0773. The first-order valence-electron chi connectivity index (χ1n) is 6.74. The molecule has 0 saturated carbocycles. The maximum absolute atomic E-state index is 12.2. The Kier molecular flexibility index (Phi) is 5.98. The van der Waals surface area contributed by atoms with E-state index in [1.54, 1.807) is 35.2 Å². The van der Waals surface area contributed by atoms with Gasteiger partial charge in [0.15, 0.2) is 0 Å². The molecule has 0 radical (unpaired) electrons. The Morgan fingerprint density at radius 1 is 1.29 bits per heavy atom. The number of hydrogen-bond donors (Lipinski definition) is 1. The van der Waals surface area contributed by atoms with Gasteiger partial charge >= 0.3 is 0 Å². The molecular formula is C16H18N4O. The Balaban J connectivity index is 2.97. The fourth-order valence-corrected chi connectivity index (χ4v) is 1.89. The standard InChI is InChI=1S/C16H18N4O/c1-4-20(5-2)16(21)14-6-7-15(12(3)8-14)19-11-13(9-17)10-18/h6-8,11,19H,4-5H2,1-3H3. The molecule has 0 aliphatic carbocycles. The molecule has 1 aromatic rings. The monoisotopic (exact) mass is 282 g/mol. The van der Waals surface area contributed by atoms with E-state index in [0.717, 1.165) is 11.3 Å². The van der Waals surface area contributed by atoms with Gasteiger partial charge in [0, 0.05) is 30.5 Å². The Morgan fingerprint density at radius 2 is 1.90 bits per heavy atom. The highest BCUT2D eigenvalue weighted by molar-refractivity contribution is 5.95. The third-order valence-electron chi connectivity index (χ3n) is 3.14. The summed E-state index contributed by atoms with van der Waals surface area (Å²) in [6.07, 6.45) is 1.36. The summed E-state index contributed by atoms with van der Waals surface area (Å²) in [6.45, 7) is 7.10. The van der Waals surface area contributed by atoms with Crippen LogP contribution in [0, 0.1) is 29.6 Å². The number of aryl methyl sites for hydroxylation is 1. The molecule has 0 aliphatic heterocycles. The molecule has 0 unspecified atom stereocenters. The van der Waals surface area contributed by atoms with Crippen LogP contribution in [0.2, 0.25) is 0 Å². The van der Waals surface area contributed by atoms with Gasteiger partial charge in [-0.2, -0.15) is 10.5 Å². The molecule has 0 aliphatic rings. The molecule has 0 spiro atoms. The van der Waals surface area contributed by atoms with Crippen LogP contribution in [0.4, 0.5) is 5.69 Å². The Hall–Kier alpha value is -2.79. The number of nitrogens with zero attached hydrogens (tertiary/aromatic N) is 3. The van der Waals surface area contributed by atoms with Gasteiger partial charge in [0.2, 0.25) is 0 Å². The normalized spacial score (nSPS) is 9.19. The molecule has 21 heavy (non-hydrogen) atoms. The average molecular weight is 282 g/mol. The molecule has 1 rings (SSSR count). The van der Waals surface area contributed by atoms with Gasteiger partial charge in [-0.15, -0.1) is 0 Å². The quantitative estimate of drug-likeness (QED) is 0.842. The van der Waals surface area contributed by atoms with E-state index in [1.165, 1.54) is 6.20 Å². The van der Waals surface area contributed by atoms with Crippen molar-refractivity contribution in [2.75, 3.05) is 18.4 Å². The molecule has 0 heterocycles. The molecule has 0 fully saturated rings. The lowest BCUT2D eigenvalue weighted by Crippen LogP contribution is -2.30. The zero-order valence-electron chi connectivity index (χ0n) is 12.5. The highest BCUT2D eigenvalue weighted by Gasteiger charge is 2.13. The van der Waals surface area contributed by atoms with Gasteiger partial charge < -0.3 is 10.2 Å². The molecular weight excluding hydrogens is 264 g/mol. The van der Waals surface area contributed by atoms with Crippen LogP contribution in [0.15, 0.2) is 30.0 Å². The molecule has 0 saturated heterocycles. The van der Waals surface area contributed by atoms with Crippen molar-refractivity contribution in [1.29, 1.82) is 10.5 Å². The Labute approximate surface area is 125 Å². The maximum atomic E-state index is 12.2. The largest absolute Gasteiger partial charge is 0.360 e. The Bertz CT molecular complexity index is 615. The summed E-state index contributed by atoms with van der Waals surface area (Å²) in [5.41, 5.74) is 2.26. The number of hydrogen-bond acceptors (Lipinski definition) is 4. The third kappa shape index (κ3) is 4.09. The van der Waals surface area contributed by atoms with Crippen LogP contribution in [-0.2, 0) is 0 Å². The van der Waals surface area contributed by atoms with Gasteiger partial charge in [-0.3, -0.25) is 4.79 Å². The molecule has 1 aromatic carbocycles. The van der Waals surface area contributed by atoms with E-state index in [1.807, 2.05) is 20.8 Å². The van der Waals surface area contributed by atoms with Crippen LogP contribution in [0.1, 0.15) is 29.8 Å². The number of allylic oxidation sites excluding steroid dienone is 1. The maximum Gasteiger partial charge on any atom is 0.253 e. The minimum absolute atomic E-state index is 0.0000640. The fraction of sp³-hybridized carbons (Fsp3) is 0.312. The first-order chi connectivity index (χ1) is 10.1. The molecule has 5 heteroatoms. The second-order valence-electron chi connectivity index (χ2n) is 4.43. The fourth-order valence-electron chi connectivity index (χ4n) is 1.89. The van der Waals surface area contributed by atoms with Gasteiger partial charge in [0.25, 0.3) is 5.91 Å². The lowest BCUT2D eigenvalue weighted by atomic mass is 10.1. The smallest absolute Gasteiger partial charge is 0.253 e. The van der Waals surface area contributed by atoms with Crippen molar-refractivity contribution in [3.63, 3.8) is 0 Å². The molecule has 1 N–H and O–H groups in total. The number of rotatable bonds is 5. The second-order valence-corrected chi connectivity index (χ2v) is 4.43. The van der Waals surface area contributed by atoms with Gasteiger partial charge in [-0.05, 0) is 44.5 Å². The number of carbonyl (C=O) groups is 1. The minimum Gasteiger partial charge on any atom is -0.360 e. The first kappa shape index (κ1) is 16.3. The number of nitrogens with one attached hydrogen (secondary N) is 1. The molecule has 108 valence electrons. The van der Waals surface area contributed by atoms with E-state index in [-0.39, 0.29) is 11.5 Å². The highest BCUT2D eigenvalue weighted by Crippen LogP contribution is 2.18. The number of benzene rings is 1. The lowest BCUT2D eigenvalue weighted by Gasteiger charge is -2.19. The molecule has 0 bridgehead atoms. The number of carbonyl (C=O) groups excluding carboxylic acids is 1.